The quantitative estimate of drug-likeness (QED) is 0.504. The number of halogens is 1. The topological polar surface area (TPSA) is 0 Å². The Morgan fingerprint density at radius 1 is 1.20 bits per heavy atom. The summed E-state index contributed by atoms with van der Waals surface area (Å²) in [5, 5.41) is 0. The second-order valence-electron chi connectivity index (χ2n) is 6.96. The van der Waals surface area contributed by atoms with Crippen molar-refractivity contribution in [2.75, 3.05) is 0 Å². The summed E-state index contributed by atoms with van der Waals surface area (Å²) in [5.41, 5.74) is 0.662. The lowest BCUT2D eigenvalue weighted by molar-refractivity contribution is 0.251. The van der Waals surface area contributed by atoms with E-state index in [0.29, 0.717) is 9.36 Å². The first-order valence-corrected chi connectivity index (χ1v) is 10.8. The van der Waals surface area contributed by atoms with Gasteiger partial charge in [0.2, 0.25) is 0 Å². The third-order valence-corrected chi connectivity index (χ3v) is 13.0. The predicted octanol–water partition coefficient (Wildman–Crippen LogP) is 4.84. The van der Waals surface area contributed by atoms with Gasteiger partial charge in [-0.15, -0.1) is 0 Å². The van der Waals surface area contributed by atoms with Crippen LogP contribution in [0.5, 0.6) is 0 Å². The van der Waals surface area contributed by atoms with E-state index in [1.54, 1.807) is 0 Å². The number of hydrogen-bond donors (Lipinski definition) is 0. The molecule has 2 saturated carbocycles. The van der Waals surface area contributed by atoms with Crippen molar-refractivity contribution in [1.82, 2.24) is 0 Å². The van der Waals surface area contributed by atoms with Crippen molar-refractivity contribution in [3.63, 3.8) is 0 Å². The number of rotatable bonds is 2. The lowest BCUT2D eigenvalue weighted by Crippen LogP contribution is -2.42. The summed E-state index contributed by atoms with van der Waals surface area (Å²) in [7, 11) is -1.09. The lowest BCUT2D eigenvalue weighted by Gasteiger charge is -2.33. The standard InChI is InChI=1S/C13H25BrSi/c1-10(2)12-9-7-6-8-11(12)13(12,14)15(3,4)5/h10-11H,6-9H2,1-5H3/t11-,12-,13+/m1/s1. The fourth-order valence-electron chi connectivity index (χ4n) is 4.51. The van der Waals surface area contributed by atoms with E-state index in [-0.39, 0.29) is 0 Å². The molecule has 88 valence electrons. The van der Waals surface area contributed by atoms with Gasteiger partial charge in [-0.3, -0.25) is 0 Å². The Morgan fingerprint density at radius 2 is 1.80 bits per heavy atom. The fourth-order valence-corrected chi connectivity index (χ4v) is 9.32. The molecule has 2 fully saturated rings. The van der Waals surface area contributed by atoms with Gasteiger partial charge in [-0.2, -0.15) is 0 Å². The Hall–Kier alpha value is 0.697. The van der Waals surface area contributed by atoms with Crippen LogP contribution in [0.3, 0.4) is 0 Å². The molecule has 0 nitrogen and oxygen atoms in total. The van der Waals surface area contributed by atoms with Gasteiger partial charge in [0.05, 0.1) is 8.07 Å². The van der Waals surface area contributed by atoms with Crippen LogP contribution in [-0.4, -0.2) is 12.0 Å². The molecule has 0 saturated heterocycles. The molecule has 2 aliphatic rings. The molecule has 0 heterocycles. The van der Waals surface area contributed by atoms with Crippen molar-refractivity contribution >= 4 is 24.0 Å². The van der Waals surface area contributed by atoms with E-state index in [1.807, 2.05) is 0 Å². The summed E-state index contributed by atoms with van der Waals surface area (Å²) >= 11 is 4.22. The van der Waals surface area contributed by atoms with Gasteiger partial charge in [0, 0.05) is 3.95 Å². The molecule has 2 heteroatoms. The largest absolute Gasteiger partial charge is 0.0879 e. The SMILES string of the molecule is CC(C)[C@]12CCCC[C@H]1[C@]2(Br)[Si](C)(C)C. The van der Waals surface area contributed by atoms with Crippen molar-refractivity contribution in [2.24, 2.45) is 17.3 Å². The second-order valence-corrected chi connectivity index (χ2v) is 14.2. The van der Waals surface area contributed by atoms with Gasteiger partial charge in [-0.05, 0) is 30.1 Å². The Kier molecular flexibility index (Phi) is 2.71. The van der Waals surface area contributed by atoms with E-state index in [1.165, 1.54) is 25.7 Å². The van der Waals surface area contributed by atoms with Crippen LogP contribution in [-0.2, 0) is 0 Å². The van der Waals surface area contributed by atoms with Crippen LogP contribution in [0, 0.1) is 17.3 Å². The van der Waals surface area contributed by atoms with Crippen molar-refractivity contribution in [2.45, 2.75) is 63.1 Å². The summed E-state index contributed by atoms with van der Waals surface area (Å²) in [6.07, 6.45) is 5.89. The van der Waals surface area contributed by atoms with E-state index in [9.17, 15) is 0 Å². The van der Waals surface area contributed by atoms with Crippen LogP contribution in [0.2, 0.25) is 19.6 Å². The molecule has 0 unspecified atom stereocenters. The number of alkyl halides is 1. The van der Waals surface area contributed by atoms with E-state index in [0.717, 1.165) is 11.8 Å². The predicted molar refractivity (Wildman–Crippen MR) is 74.2 cm³/mol. The molecule has 0 aromatic rings. The normalized spacial score (nSPS) is 45.4. The zero-order valence-electron chi connectivity index (χ0n) is 10.9. The van der Waals surface area contributed by atoms with Gasteiger partial charge in [0.15, 0.2) is 0 Å². The minimum Gasteiger partial charge on any atom is -0.0879 e. The summed E-state index contributed by atoms with van der Waals surface area (Å²) in [6, 6.07) is 0. The molecular weight excluding hydrogens is 264 g/mol. The minimum atomic E-state index is -1.09. The highest BCUT2D eigenvalue weighted by Crippen LogP contribution is 2.79. The number of fused-ring (bicyclic) bond motifs is 1. The molecule has 15 heavy (non-hydrogen) atoms. The molecule has 0 spiro atoms. The molecule has 2 aliphatic carbocycles. The van der Waals surface area contributed by atoms with E-state index in [2.05, 4.69) is 49.4 Å². The van der Waals surface area contributed by atoms with Crippen molar-refractivity contribution in [1.29, 1.82) is 0 Å². The van der Waals surface area contributed by atoms with Gasteiger partial charge in [0.25, 0.3) is 0 Å². The van der Waals surface area contributed by atoms with Crippen LogP contribution < -0.4 is 0 Å². The average Bonchev–Trinajstić information content (AvgIpc) is 2.70. The van der Waals surface area contributed by atoms with E-state index in [4.69, 9.17) is 0 Å². The Morgan fingerprint density at radius 3 is 2.20 bits per heavy atom. The van der Waals surface area contributed by atoms with Crippen LogP contribution in [0.15, 0.2) is 0 Å². The highest BCUT2D eigenvalue weighted by atomic mass is 79.9. The molecule has 0 N–H and O–H groups in total. The maximum absolute atomic E-state index is 4.22. The summed E-state index contributed by atoms with van der Waals surface area (Å²) in [5.74, 6) is 1.85. The third kappa shape index (κ3) is 1.30. The van der Waals surface area contributed by atoms with Crippen LogP contribution in [0.4, 0.5) is 0 Å². The summed E-state index contributed by atoms with van der Waals surface area (Å²) in [4.78, 5) is 0. The zero-order chi connectivity index (χ0) is 11.5. The van der Waals surface area contributed by atoms with E-state index < -0.39 is 8.07 Å². The first-order valence-electron chi connectivity index (χ1n) is 6.47. The monoisotopic (exact) mass is 288 g/mol. The van der Waals surface area contributed by atoms with Gasteiger partial charge in [-0.25, -0.2) is 0 Å². The Labute approximate surface area is 104 Å². The zero-order valence-corrected chi connectivity index (χ0v) is 13.4. The molecule has 0 aromatic carbocycles. The van der Waals surface area contributed by atoms with E-state index >= 15 is 0 Å². The molecule has 0 aromatic heterocycles. The average molecular weight is 289 g/mol. The highest BCUT2D eigenvalue weighted by Gasteiger charge is 2.79. The van der Waals surface area contributed by atoms with Gasteiger partial charge >= 0.3 is 0 Å². The van der Waals surface area contributed by atoms with Crippen LogP contribution in [0.1, 0.15) is 39.5 Å². The molecule has 2 rings (SSSR count). The fraction of sp³-hybridized carbons (Fsp3) is 1.00. The van der Waals surface area contributed by atoms with Gasteiger partial charge in [-0.1, -0.05) is 62.3 Å². The molecule has 0 amide bonds. The first-order chi connectivity index (χ1) is 6.78. The molecule has 0 radical (unpaired) electrons. The van der Waals surface area contributed by atoms with Crippen molar-refractivity contribution in [3.05, 3.63) is 0 Å². The highest BCUT2D eigenvalue weighted by molar-refractivity contribution is 9.10. The molecule has 0 bridgehead atoms. The Bertz CT molecular complexity index is 264. The minimum absolute atomic E-state index is 0.553. The maximum atomic E-state index is 4.22. The van der Waals surface area contributed by atoms with Crippen LogP contribution in [0.25, 0.3) is 0 Å². The van der Waals surface area contributed by atoms with Crippen molar-refractivity contribution < 1.29 is 0 Å². The van der Waals surface area contributed by atoms with Crippen molar-refractivity contribution in [3.8, 4) is 0 Å². The summed E-state index contributed by atoms with van der Waals surface area (Å²) in [6.45, 7) is 12.5. The Balaban J connectivity index is 2.36. The molecule has 0 aliphatic heterocycles. The van der Waals surface area contributed by atoms with Gasteiger partial charge in [0.1, 0.15) is 0 Å². The molecule has 3 atom stereocenters. The second kappa shape index (κ2) is 3.35. The smallest absolute Gasteiger partial charge is 0.0645 e. The maximum Gasteiger partial charge on any atom is 0.0645 e. The van der Waals surface area contributed by atoms with Gasteiger partial charge < -0.3 is 0 Å². The lowest BCUT2D eigenvalue weighted by atomic mass is 9.80. The first kappa shape index (κ1) is 12.2. The van der Waals surface area contributed by atoms with Crippen LogP contribution >= 0.6 is 15.9 Å². The number of hydrogen-bond acceptors (Lipinski definition) is 0. The molecular formula is C13H25BrSi. The summed E-state index contributed by atoms with van der Waals surface area (Å²) < 4.78 is 0.553. The third-order valence-electron chi connectivity index (χ3n) is 5.15.